The summed E-state index contributed by atoms with van der Waals surface area (Å²) in [5.74, 6) is -1.72. The van der Waals surface area contributed by atoms with Crippen molar-refractivity contribution >= 4 is 33.1 Å². The van der Waals surface area contributed by atoms with E-state index in [-0.39, 0.29) is 23.7 Å². The predicted molar refractivity (Wildman–Crippen MR) is 123 cm³/mol. The highest BCUT2D eigenvalue weighted by Crippen LogP contribution is 2.30. The number of nitrogens with one attached hydrogen (secondary N) is 3. The van der Waals surface area contributed by atoms with E-state index in [1.165, 1.54) is 24.3 Å². The first-order valence-corrected chi connectivity index (χ1v) is 11.8. The summed E-state index contributed by atoms with van der Waals surface area (Å²) in [5, 5.41) is 14.4. The van der Waals surface area contributed by atoms with Crippen LogP contribution in [0.4, 0.5) is 39.4 Å². The number of carbonyl (C=O) groups excluding carboxylic acids is 1. The number of anilines is 3. The van der Waals surface area contributed by atoms with Crippen molar-refractivity contribution < 1.29 is 45.4 Å². The van der Waals surface area contributed by atoms with Crippen molar-refractivity contribution in [2.75, 3.05) is 21.6 Å². The van der Waals surface area contributed by atoms with Gasteiger partial charge in [-0.15, -0.1) is 13.2 Å². The maximum atomic E-state index is 14.1. The van der Waals surface area contributed by atoms with E-state index in [4.69, 9.17) is 4.74 Å². The number of alkyl halides is 3. The molecule has 0 fully saturated rings. The van der Waals surface area contributed by atoms with Crippen molar-refractivity contribution in [3.05, 3.63) is 72.0 Å². The maximum absolute atomic E-state index is 14.1. The number of benzene rings is 3. The number of aromatic hydroxyl groups is 1. The van der Waals surface area contributed by atoms with Crippen LogP contribution in [0.1, 0.15) is 5.56 Å². The zero-order valence-electron chi connectivity index (χ0n) is 18.4. The minimum Gasteiger partial charge on any atom is -0.506 e. The number of sulfonamides is 1. The Labute approximate surface area is 202 Å². The fourth-order valence-corrected chi connectivity index (χ4v) is 3.38. The van der Waals surface area contributed by atoms with Gasteiger partial charge < -0.3 is 25.2 Å². The first-order chi connectivity index (χ1) is 16.8. The lowest BCUT2D eigenvalue weighted by molar-refractivity contribution is -0.274. The molecule has 9 nitrogen and oxygen atoms in total. The maximum Gasteiger partial charge on any atom is 0.573 e. The van der Waals surface area contributed by atoms with Crippen LogP contribution in [0.15, 0.2) is 60.7 Å². The van der Waals surface area contributed by atoms with Gasteiger partial charge in [0.05, 0.1) is 17.6 Å². The highest BCUT2D eigenvalue weighted by molar-refractivity contribution is 7.92. The van der Waals surface area contributed by atoms with Crippen LogP contribution in [-0.2, 0) is 16.6 Å². The van der Waals surface area contributed by atoms with E-state index in [0.717, 1.165) is 24.5 Å². The van der Waals surface area contributed by atoms with Gasteiger partial charge in [0, 0.05) is 11.8 Å². The Morgan fingerprint density at radius 2 is 1.56 bits per heavy atom. The van der Waals surface area contributed by atoms with Crippen LogP contribution in [0, 0.1) is 5.82 Å². The van der Waals surface area contributed by atoms with Gasteiger partial charge in [-0.3, -0.25) is 4.72 Å². The normalized spacial score (nSPS) is 11.5. The fraction of sp³-hybridized carbons (Fsp3) is 0.136. The van der Waals surface area contributed by atoms with Crippen LogP contribution in [0.3, 0.4) is 0 Å². The van der Waals surface area contributed by atoms with Crippen molar-refractivity contribution in [3.8, 4) is 17.2 Å². The number of ether oxygens (including phenoxy) is 2. The number of hydrogen-bond donors (Lipinski definition) is 4. The lowest BCUT2D eigenvalue weighted by atomic mass is 10.2. The van der Waals surface area contributed by atoms with Gasteiger partial charge in [-0.2, -0.15) is 0 Å². The van der Waals surface area contributed by atoms with Gasteiger partial charge in [-0.25, -0.2) is 17.6 Å². The van der Waals surface area contributed by atoms with Crippen LogP contribution in [0.2, 0.25) is 0 Å². The number of carbonyl (C=O) groups is 1. The highest BCUT2D eigenvalue weighted by atomic mass is 32.2. The van der Waals surface area contributed by atoms with Crippen LogP contribution in [-0.4, -0.2) is 32.2 Å². The van der Waals surface area contributed by atoms with E-state index < -0.39 is 34.0 Å². The Morgan fingerprint density at radius 1 is 0.944 bits per heavy atom. The summed E-state index contributed by atoms with van der Waals surface area (Å²) in [4.78, 5) is 12.2. The summed E-state index contributed by atoms with van der Waals surface area (Å²) < 4.78 is 84.7. The number of rotatable bonds is 8. The Kier molecular flexibility index (Phi) is 7.77. The van der Waals surface area contributed by atoms with E-state index in [2.05, 4.69) is 15.4 Å². The minimum absolute atomic E-state index is 0.0841. The SMILES string of the molecule is CS(=O)(=O)Nc1cc(NC(=O)Nc2ccc(COc3ccc(OC(F)(F)F)cc3)cc2)c(F)cc1O. The molecule has 0 saturated heterocycles. The summed E-state index contributed by atoms with van der Waals surface area (Å²) in [7, 11) is -3.76. The molecule has 0 radical (unpaired) electrons. The fourth-order valence-electron chi connectivity index (χ4n) is 2.81. The van der Waals surface area contributed by atoms with Crippen LogP contribution >= 0.6 is 0 Å². The molecule has 0 atom stereocenters. The summed E-state index contributed by atoms with van der Waals surface area (Å²) in [6.07, 6.45) is -3.95. The monoisotopic (exact) mass is 529 g/mol. The number of amides is 2. The van der Waals surface area contributed by atoms with Gasteiger partial charge in [0.1, 0.15) is 23.9 Å². The van der Waals surface area contributed by atoms with Crippen molar-refractivity contribution in [1.29, 1.82) is 0 Å². The first-order valence-electron chi connectivity index (χ1n) is 9.93. The van der Waals surface area contributed by atoms with E-state index >= 15 is 0 Å². The molecule has 0 aliphatic carbocycles. The van der Waals surface area contributed by atoms with Crippen LogP contribution in [0.25, 0.3) is 0 Å². The number of phenolic OH excluding ortho intramolecular Hbond substituents is 1. The van der Waals surface area contributed by atoms with Crippen molar-refractivity contribution in [1.82, 2.24) is 0 Å². The molecule has 192 valence electrons. The molecule has 3 rings (SSSR count). The summed E-state index contributed by atoms with van der Waals surface area (Å²) >= 11 is 0. The third-order valence-electron chi connectivity index (χ3n) is 4.30. The largest absolute Gasteiger partial charge is 0.573 e. The standard InChI is InChI=1S/C22H19F4N3O6S/c1-36(32,33)29-19-11-18(17(23)10-20(19)30)28-21(31)27-14-4-2-13(3-5-14)12-34-15-6-8-16(9-7-15)35-22(24,25)26/h2-11,29-30H,12H2,1H3,(H2,27,28,31). The van der Waals surface area contributed by atoms with Gasteiger partial charge in [0.15, 0.2) is 5.82 Å². The summed E-state index contributed by atoms with van der Waals surface area (Å²) in [6, 6.07) is 11.9. The van der Waals surface area contributed by atoms with Crippen LogP contribution in [0.5, 0.6) is 17.2 Å². The third-order valence-corrected chi connectivity index (χ3v) is 4.89. The number of halogens is 4. The number of hydrogen-bond acceptors (Lipinski definition) is 6. The van der Waals surface area contributed by atoms with E-state index in [0.29, 0.717) is 23.1 Å². The molecule has 4 N–H and O–H groups in total. The van der Waals surface area contributed by atoms with Gasteiger partial charge in [0.2, 0.25) is 10.0 Å². The molecule has 0 spiro atoms. The van der Waals surface area contributed by atoms with Crippen molar-refractivity contribution in [3.63, 3.8) is 0 Å². The van der Waals surface area contributed by atoms with E-state index in [1.54, 1.807) is 12.1 Å². The molecule has 3 aromatic rings. The molecule has 0 aliphatic heterocycles. The second-order valence-electron chi connectivity index (χ2n) is 7.31. The number of urea groups is 1. The topological polar surface area (TPSA) is 126 Å². The van der Waals surface area contributed by atoms with Gasteiger partial charge >= 0.3 is 12.4 Å². The average molecular weight is 529 g/mol. The zero-order chi connectivity index (χ0) is 26.5. The van der Waals surface area contributed by atoms with Crippen molar-refractivity contribution in [2.45, 2.75) is 13.0 Å². The second-order valence-corrected chi connectivity index (χ2v) is 9.06. The van der Waals surface area contributed by atoms with Gasteiger partial charge in [-0.1, -0.05) is 12.1 Å². The lowest BCUT2D eigenvalue weighted by Gasteiger charge is -2.12. The third kappa shape index (κ3) is 8.23. The first kappa shape index (κ1) is 26.4. The Hall–Kier alpha value is -4.20. The van der Waals surface area contributed by atoms with Gasteiger partial charge in [0.25, 0.3) is 0 Å². The van der Waals surface area contributed by atoms with Gasteiger partial charge in [-0.05, 0) is 48.0 Å². The highest BCUT2D eigenvalue weighted by Gasteiger charge is 2.31. The van der Waals surface area contributed by atoms with Crippen LogP contribution < -0.4 is 24.8 Å². The molecule has 3 aromatic carbocycles. The smallest absolute Gasteiger partial charge is 0.506 e. The molecule has 0 unspecified atom stereocenters. The Morgan fingerprint density at radius 3 is 2.14 bits per heavy atom. The second kappa shape index (κ2) is 10.6. The molecule has 36 heavy (non-hydrogen) atoms. The quantitative estimate of drug-likeness (QED) is 0.184. The van der Waals surface area contributed by atoms with E-state index in [1.807, 2.05) is 4.72 Å². The molecule has 0 aromatic heterocycles. The molecule has 2 amide bonds. The lowest BCUT2D eigenvalue weighted by Crippen LogP contribution is -2.20. The molecule has 0 aliphatic rings. The summed E-state index contributed by atoms with van der Waals surface area (Å²) in [6.45, 7) is 0.0841. The molecule has 0 bridgehead atoms. The minimum atomic E-state index is -4.79. The average Bonchev–Trinajstić information content (AvgIpc) is 2.75. The molecule has 0 saturated carbocycles. The zero-order valence-corrected chi connectivity index (χ0v) is 19.2. The summed E-state index contributed by atoms with van der Waals surface area (Å²) in [5.41, 5.74) is 0.311. The molecule has 14 heteroatoms. The molecule has 0 heterocycles. The predicted octanol–water partition coefficient (Wildman–Crippen LogP) is 5.02. The van der Waals surface area contributed by atoms with Crippen molar-refractivity contribution in [2.24, 2.45) is 0 Å². The van der Waals surface area contributed by atoms with E-state index in [9.17, 15) is 35.9 Å². The molecular formula is C22H19F4N3O6S. The molecular weight excluding hydrogens is 510 g/mol. The Balaban J connectivity index is 1.55. The Bertz CT molecular complexity index is 1330. The number of phenols is 1.